The molecule has 2 aromatic rings. The van der Waals surface area contributed by atoms with Crippen molar-refractivity contribution in [3.8, 4) is 0 Å². The summed E-state index contributed by atoms with van der Waals surface area (Å²) in [5, 5.41) is 2.76. The molecule has 0 bridgehead atoms. The fraction of sp³-hybridized carbons (Fsp3) is 0.400. The predicted molar refractivity (Wildman–Crippen MR) is 107 cm³/mol. The Balaban J connectivity index is 1.79. The SMILES string of the molecule is CC(=O)Nc1ccc2c(c1)C1(CC1c1c[n]([Tl])cn1)C(=O)N2C(=O)OC(C)(C)C. The van der Waals surface area contributed by atoms with Crippen LogP contribution < -0.4 is 10.2 Å². The molecular weight excluding hydrogens is 565 g/mol. The summed E-state index contributed by atoms with van der Waals surface area (Å²) in [6.07, 6.45) is 3.62. The summed E-state index contributed by atoms with van der Waals surface area (Å²) in [6, 6.07) is 5.17. The second-order valence-electron chi connectivity index (χ2n) is 8.51. The number of hydrogen-bond acceptors (Lipinski definition) is 5. The molecule has 3 amide bonds. The first-order valence-corrected chi connectivity index (χ1v) is 11.3. The molecular formula is C20H21N4O4Tl. The third-order valence-electron chi connectivity index (χ3n) is 5.14. The zero-order valence-corrected chi connectivity index (χ0v) is 21.2. The molecule has 148 valence electrons. The van der Waals surface area contributed by atoms with Crippen molar-refractivity contribution in [1.82, 2.24) is 7.36 Å². The van der Waals surface area contributed by atoms with E-state index in [4.69, 9.17) is 4.74 Å². The Labute approximate surface area is 184 Å². The van der Waals surface area contributed by atoms with Gasteiger partial charge in [0.05, 0.1) is 0 Å². The van der Waals surface area contributed by atoms with E-state index in [0.29, 0.717) is 43.9 Å². The monoisotopic (exact) mass is 586 g/mol. The Hall–Kier alpha value is -2.24. The third-order valence-corrected chi connectivity index (χ3v) is 6.24. The normalized spacial score (nSPS) is 22.5. The van der Waals surface area contributed by atoms with Crippen LogP contribution >= 0.6 is 0 Å². The van der Waals surface area contributed by atoms with Crippen LogP contribution in [0.5, 0.6) is 0 Å². The summed E-state index contributed by atoms with van der Waals surface area (Å²) in [4.78, 5) is 43.5. The molecule has 1 saturated carbocycles. The summed E-state index contributed by atoms with van der Waals surface area (Å²) < 4.78 is 7.49. The molecule has 2 atom stereocenters. The van der Waals surface area contributed by atoms with Crippen molar-refractivity contribution < 1.29 is 19.1 Å². The molecule has 9 heteroatoms. The number of carbonyl (C=O) groups is 3. The second kappa shape index (κ2) is 6.64. The molecule has 1 aliphatic carbocycles. The van der Waals surface area contributed by atoms with Crippen molar-refractivity contribution in [2.24, 2.45) is 0 Å². The zero-order chi connectivity index (χ0) is 21.1. The minimum absolute atomic E-state index is 0.103. The summed E-state index contributed by atoms with van der Waals surface area (Å²) in [6.45, 7) is 6.72. The van der Waals surface area contributed by atoms with E-state index in [0.717, 1.165) is 16.2 Å². The molecule has 29 heavy (non-hydrogen) atoms. The number of fused-ring (bicyclic) bond motifs is 2. The van der Waals surface area contributed by atoms with Gasteiger partial charge < -0.3 is 0 Å². The van der Waals surface area contributed by atoms with Gasteiger partial charge >= 0.3 is 185 Å². The van der Waals surface area contributed by atoms with E-state index in [1.54, 1.807) is 45.3 Å². The van der Waals surface area contributed by atoms with Crippen molar-refractivity contribution in [1.29, 1.82) is 0 Å². The van der Waals surface area contributed by atoms with Gasteiger partial charge in [0.25, 0.3) is 0 Å². The standard InChI is InChI=1S/C20H22N4O4.Tl/c1-11(25)23-12-5-6-16-13(7-12)20(8-14(20)15-9-21-10-22-15)17(26)24(16)18(27)28-19(2,3)4;/h5-7,9-10,14H,8H2,1-4H3,(H2,21,22,23,25);/q;+1/p-1. The predicted octanol–water partition coefficient (Wildman–Crippen LogP) is 2.48. The van der Waals surface area contributed by atoms with Crippen LogP contribution in [0.4, 0.5) is 16.2 Å². The van der Waals surface area contributed by atoms with Crippen molar-refractivity contribution in [3.63, 3.8) is 0 Å². The number of nitrogens with zero attached hydrogens (tertiary/aromatic N) is 3. The van der Waals surface area contributed by atoms with E-state index in [1.165, 1.54) is 6.92 Å². The van der Waals surface area contributed by atoms with Crippen LogP contribution in [0.2, 0.25) is 0 Å². The number of amides is 3. The Morgan fingerprint density at radius 3 is 2.66 bits per heavy atom. The number of rotatable bonds is 2. The Bertz CT molecular complexity index is 1040. The molecule has 2 aliphatic rings. The number of hydrogen-bond donors (Lipinski definition) is 1. The van der Waals surface area contributed by atoms with E-state index in [-0.39, 0.29) is 17.7 Å². The maximum atomic E-state index is 13.5. The fourth-order valence-electron chi connectivity index (χ4n) is 3.97. The average molecular weight is 586 g/mol. The number of nitrogens with one attached hydrogen (secondary N) is 1. The van der Waals surface area contributed by atoms with Gasteiger partial charge in [-0.1, -0.05) is 0 Å². The van der Waals surface area contributed by atoms with Crippen molar-refractivity contribution in [3.05, 3.63) is 42.0 Å². The molecule has 4 rings (SSSR count). The van der Waals surface area contributed by atoms with Crippen LogP contribution in [0.25, 0.3) is 0 Å². The van der Waals surface area contributed by atoms with E-state index in [2.05, 4.69) is 10.3 Å². The molecule has 0 radical (unpaired) electrons. The topological polar surface area (TPSA) is 93.5 Å². The van der Waals surface area contributed by atoms with Gasteiger partial charge in [0.15, 0.2) is 0 Å². The van der Waals surface area contributed by atoms with Gasteiger partial charge in [0, 0.05) is 0 Å². The Kier molecular flexibility index (Phi) is 4.59. The number of ether oxygens (including phenoxy) is 1. The van der Waals surface area contributed by atoms with Crippen LogP contribution in [0.3, 0.4) is 0 Å². The molecule has 1 aliphatic heterocycles. The first-order valence-electron chi connectivity index (χ1n) is 9.31. The number of imide groups is 1. The summed E-state index contributed by atoms with van der Waals surface area (Å²) in [7, 11) is 0. The van der Waals surface area contributed by atoms with Gasteiger partial charge in [-0.3, -0.25) is 0 Å². The van der Waals surface area contributed by atoms with Crippen LogP contribution in [-0.4, -0.2) is 56.9 Å². The van der Waals surface area contributed by atoms with Gasteiger partial charge in [-0.25, -0.2) is 0 Å². The summed E-state index contributed by atoms with van der Waals surface area (Å²) >= 11 is 0.590. The van der Waals surface area contributed by atoms with Crippen molar-refractivity contribution in [2.75, 3.05) is 10.2 Å². The minimum atomic E-state index is -0.847. The van der Waals surface area contributed by atoms with Gasteiger partial charge in [-0.2, -0.15) is 0 Å². The second-order valence-corrected chi connectivity index (χ2v) is 10.8. The number of carbonyl (C=O) groups excluding carboxylic acids is 3. The number of anilines is 2. The molecule has 0 saturated heterocycles. The number of imidazole rings is 1. The Morgan fingerprint density at radius 2 is 2.07 bits per heavy atom. The Morgan fingerprint density at radius 1 is 1.34 bits per heavy atom. The van der Waals surface area contributed by atoms with Crippen LogP contribution in [0.15, 0.2) is 30.7 Å². The molecule has 2 unspecified atom stereocenters. The van der Waals surface area contributed by atoms with E-state index < -0.39 is 17.1 Å². The van der Waals surface area contributed by atoms with Gasteiger partial charge in [-0.15, -0.1) is 0 Å². The van der Waals surface area contributed by atoms with E-state index in [1.807, 2.05) is 8.57 Å². The maximum absolute atomic E-state index is 13.5. The van der Waals surface area contributed by atoms with Crippen LogP contribution in [-0.2, 0) is 19.7 Å². The molecule has 1 aromatic heterocycles. The van der Waals surface area contributed by atoms with Gasteiger partial charge in [0.1, 0.15) is 0 Å². The third kappa shape index (κ3) is 3.36. The number of aromatic nitrogens is 2. The van der Waals surface area contributed by atoms with Gasteiger partial charge in [0.2, 0.25) is 0 Å². The zero-order valence-electron chi connectivity index (χ0n) is 16.7. The van der Waals surface area contributed by atoms with Crippen molar-refractivity contribution >= 4 is 55.3 Å². The summed E-state index contributed by atoms with van der Waals surface area (Å²) in [5.41, 5.74) is 1.11. The van der Waals surface area contributed by atoms with Crippen LogP contribution in [0, 0.1) is 0 Å². The molecule has 1 spiro atoms. The molecule has 1 fully saturated rings. The molecule has 1 aromatic carbocycles. The molecule has 1 N–H and O–H groups in total. The molecule has 2 heterocycles. The molecule has 8 nitrogen and oxygen atoms in total. The van der Waals surface area contributed by atoms with Gasteiger partial charge in [-0.05, 0) is 0 Å². The van der Waals surface area contributed by atoms with E-state index >= 15 is 0 Å². The first kappa shape index (κ1) is 20.1. The first-order chi connectivity index (χ1) is 13.5. The fourth-order valence-corrected chi connectivity index (χ4v) is 4.82. The van der Waals surface area contributed by atoms with E-state index in [9.17, 15) is 14.4 Å². The quantitative estimate of drug-likeness (QED) is 0.547. The summed E-state index contributed by atoms with van der Waals surface area (Å²) in [5.74, 6) is -0.596. The van der Waals surface area contributed by atoms with Crippen LogP contribution in [0.1, 0.15) is 51.3 Å². The number of benzene rings is 1. The average Bonchev–Trinajstić information content (AvgIpc) is 3.12. The van der Waals surface area contributed by atoms with Crippen molar-refractivity contribution in [2.45, 2.75) is 51.0 Å².